The van der Waals surface area contributed by atoms with Crippen molar-refractivity contribution in [3.63, 3.8) is 0 Å². The van der Waals surface area contributed by atoms with Gasteiger partial charge in [0.1, 0.15) is 18.2 Å². The largest absolute Gasteiger partial charge is 0.490 e. The summed E-state index contributed by atoms with van der Waals surface area (Å²) in [5, 5.41) is 8.22. The summed E-state index contributed by atoms with van der Waals surface area (Å²) in [5.74, 6) is -1.02. The van der Waals surface area contributed by atoms with E-state index in [4.69, 9.17) is 14.2 Å². The van der Waals surface area contributed by atoms with Crippen LogP contribution in [0.25, 0.3) is 0 Å². The minimum absolute atomic E-state index is 0.0124. The van der Waals surface area contributed by atoms with Crippen molar-refractivity contribution in [3.05, 3.63) is 72.2 Å². The molecule has 3 N–H and O–H groups in total. The summed E-state index contributed by atoms with van der Waals surface area (Å²) >= 11 is 0. The molecule has 10 nitrogen and oxygen atoms in total. The summed E-state index contributed by atoms with van der Waals surface area (Å²) in [4.78, 5) is 49.5. The Balaban J connectivity index is 2.71. The molecule has 0 saturated carbocycles. The van der Waals surface area contributed by atoms with Crippen molar-refractivity contribution in [2.24, 2.45) is 11.3 Å². The van der Waals surface area contributed by atoms with E-state index in [1.54, 1.807) is 24.3 Å². The van der Waals surface area contributed by atoms with Gasteiger partial charge >= 0.3 is 12.1 Å². The standard InChI is InChI=1S/C34H51N3O7/c1-10-11-16-26(43-33(41)36-23(2)3)17-14-21-35-31(39)30(34(6,7)8)37-29(38)18-13-12-15-24(4)22-25(5)27-19-20-28(42-9)32(40)44-27/h10-15,18,20-23,25-27,30H,16-17,19H2,1-9H3,(H,35,39)(H,36,41)(H,37,38)/b11-10-,15-12+,18-13+,21-14-,24-22+. The maximum Gasteiger partial charge on any atom is 0.407 e. The van der Waals surface area contributed by atoms with Crippen molar-refractivity contribution in [2.75, 3.05) is 7.11 Å². The van der Waals surface area contributed by atoms with Crippen LogP contribution in [0.2, 0.25) is 0 Å². The van der Waals surface area contributed by atoms with Gasteiger partial charge in [0.25, 0.3) is 0 Å². The number of cyclic esters (lactones) is 1. The zero-order valence-electron chi connectivity index (χ0n) is 27.6. The lowest BCUT2D eigenvalue weighted by molar-refractivity contribution is -0.151. The van der Waals surface area contributed by atoms with Gasteiger partial charge in [-0.15, -0.1) is 0 Å². The molecule has 0 aliphatic carbocycles. The Morgan fingerprint density at radius 2 is 1.73 bits per heavy atom. The summed E-state index contributed by atoms with van der Waals surface area (Å²) in [6, 6.07) is -0.835. The van der Waals surface area contributed by atoms with Gasteiger partial charge in [0.2, 0.25) is 11.8 Å². The van der Waals surface area contributed by atoms with Crippen LogP contribution >= 0.6 is 0 Å². The fourth-order valence-corrected chi connectivity index (χ4v) is 4.18. The Hall–Kier alpha value is -4.08. The van der Waals surface area contributed by atoms with Gasteiger partial charge in [-0.3, -0.25) is 9.59 Å². The van der Waals surface area contributed by atoms with E-state index in [0.29, 0.717) is 19.3 Å². The van der Waals surface area contributed by atoms with E-state index >= 15 is 0 Å². The van der Waals surface area contributed by atoms with Crippen molar-refractivity contribution in [1.29, 1.82) is 0 Å². The van der Waals surface area contributed by atoms with Crippen molar-refractivity contribution in [1.82, 2.24) is 16.0 Å². The van der Waals surface area contributed by atoms with E-state index in [1.807, 2.05) is 79.7 Å². The lowest BCUT2D eigenvalue weighted by Gasteiger charge is -2.29. The summed E-state index contributed by atoms with van der Waals surface area (Å²) in [6.07, 6.45) is 17.7. The Morgan fingerprint density at radius 1 is 1.07 bits per heavy atom. The molecule has 244 valence electrons. The Morgan fingerprint density at radius 3 is 2.32 bits per heavy atom. The van der Waals surface area contributed by atoms with Crippen LogP contribution in [0.1, 0.15) is 74.7 Å². The van der Waals surface area contributed by atoms with Crippen LogP contribution in [0.4, 0.5) is 4.79 Å². The van der Waals surface area contributed by atoms with E-state index in [9.17, 15) is 19.2 Å². The van der Waals surface area contributed by atoms with Gasteiger partial charge in [-0.1, -0.05) is 75.8 Å². The maximum absolute atomic E-state index is 13.0. The minimum atomic E-state index is -0.798. The van der Waals surface area contributed by atoms with Crippen LogP contribution in [-0.2, 0) is 28.6 Å². The van der Waals surface area contributed by atoms with Crippen molar-refractivity contribution in [3.8, 4) is 0 Å². The molecule has 4 unspecified atom stereocenters. The van der Waals surface area contributed by atoms with Gasteiger partial charge in [-0.05, 0) is 45.4 Å². The molecule has 0 spiro atoms. The normalized spacial score (nSPS) is 18.3. The smallest absolute Gasteiger partial charge is 0.407 e. The molecule has 0 aromatic rings. The zero-order chi connectivity index (χ0) is 33.3. The van der Waals surface area contributed by atoms with Crippen molar-refractivity contribution >= 4 is 23.9 Å². The molecule has 0 bridgehead atoms. The summed E-state index contributed by atoms with van der Waals surface area (Å²) in [6.45, 7) is 15.1. The molecule has 3 amide bonds. The lowest BCUT2D eigenvalue weighted by atomic mass is 9.86. The first-order valence-corrected chi connectivity index (χ1v) is 15.0. The molecule has 1 aliphatic heterocycles. The molecule has 0 fully saturated rings. The first-order chi connectivity index (χ1) is 20.7. The predicted molar refractivity (Wildman–Crippen MR) is 172 cm³/mol. The molecular weight excluding hydrogens is 562 g/mol. The molecule has 0 radical (unpaired) electrons. The Labute approximate surface area is 262 Å². The molecule has 1 heterocycles. The predicted octanol–water partition coefficient (Wildman–Crippen LogP) is 5.55. The molecule has 0 saturated heterocycles. The summed E-state index contributed by atoms with van der Waals surface area (Å²) in [5.41, 5.74) is 0.388. The number of hydrogen-bond donors (Lipinski definition) is 3. The molecule has 4 atom stereocenters. The third kappa shape index (κ3) is 14.9. The Kier molecular flexibility index (Phi) is 16.6. The average Bonchev–Trinajstić information content (AvgIpc) is 2.93. The maximum atomic E-state index is 13.0. The zero-order valence-corrected chi connectivity index (χ0v) is 27.6. The fraction of sp³-hybridized carbons (Fsp3) is 0.529. The lowest BCUT2D eigenvalue weighted by Crippen LogP contribution is -2.52. The third-order valence-electron chi connectivity index (χ3n) is 6.52. The number of alkyl carbamates (subject to hydrolysis) is 1. The van der Waals surface area contributed by atoms with Crippen LogP contribution in [0.3, 0.4) is 0 Å². The molecular formula is C34H51N3O7. The van der Waals surface area contributed by atoms with Crippen LogP contribution < -0.4 is 16.0 Å². The number of carbonyl (C=O) groups is 4. The quantitative estimate of drug-likeness (QED) is 0.0955. The monoisotopic (exact) mass is 613 g/mol. The van der Waals surface area contributed by atoms with E-state index in [-0.39, 0.29) is 35.8 Å². The number of nitrogens with one attached hydrogen (secondary N) is 3. The fourth-order valence-electron chi connectivity index (χ4n) is 4.18. The van der Waals surface area contributed by atoms with E-state index in [2.05, 4.69) is 16.0 Å². The van der Waals surface area contributed by atoms with E-state index in [1.165, 1.54) is 19.4 Å². The number of hydrogen-bond acceptors (Lipinski definition) is 7. The molecule has 44 heavy (non-hydrogen) atoms. The van der Waals surface area contributed by atoms with Crippen LogP contribution in [0.15, 0.2) is 72.2 Å². The highest BCUT2D eigenvalue weighted by atomic mass is 16.6. The molecule has 10 heteroatoms. The van der Waals surface area contributed by atoms with Crippen LogP contribution in [0, 0.1) is 11.3 Å². The van der Waals surface area contributed by atoms with Crippen molar-refractivity contribution < 1.29 is 33.4 Å². The number of methoxy groups -OCH3 is 1. The van der Waals surface area contributed by atoms with Gasteiger partial charge in [-0.25, -0.2) is 9.59 Å². The number of ether oxygens (including phenoxy) is 3. The van der Waals surface area contributed by atoms with Gasteiger partial charge in [0, 0.05) is 37.3 Å². The molecule has 0 aromatic carbocycles. The second-order valence-corrected chi connectivity index (χ2v) is 12.0. The van der Waals surface area contributed by atoms with Gasteiger partial charge in [0.05, 0.1) is 7.11 Å². The number of allylic oxidation sites excluding steroid dienone is 5. The molecule has 1 rings (SSSR count). The number of rotatable bonds is 15. The summed E-state index contributed by atoms with van der Waals surface area (Å²) < 4.78 is 15.9. The van der Waals surface area contributed by atoms with Crippen LogP contribution in [-0.4, -0.2) is 55.3 Å². The second-order valence-electron chi connectivity index (χ2n) is 12.0. The number of esters is 1. The first-order valence-electron chi connectivity index (χ1n) is 15.0. The first kappa shape index (κ1) is 37.9. The van der Waals surface area contributed by atoms with Crippen molar-refractivity contribution in [2.45, 2.75) is 98.9 Å². The highest BCUT2D eigenvalue weighted by Crippen LogP contribution is 2.23. The Bertz CT molecular complexity index is 1160. The topological polar surface area (TPSA) is 132 Å². The number of amides is 3. The van der Waals surface area contributed by atoms with Gasteiger partial charge < -0.3 is 30.2 Å². The number of carbonyl (C=O) groups excluding carboxylic acids is 4. The molecule has 0 aromatic heterocycles. The minimum Gasteiger partial charge on any atom is -0.490 e. The van der Waals surface area contributed by atoms with Crippen LogP contribution in [0.5, 0.6) is 0 Å². The second kappa shape index (κ2) is 19.2. The third-order valence-corrected chi connectivity index (χ3v) is 6.52. The SMILES string of the molecule is C/C=C\CC(C/C=C\NC(=O)C(NC(=O)/C=C/C=C/C(C)=C/C(C)C1CC=C(OC)C(=O)O1)C(C)(C)C)OC(=O)NC(C)C. The van der Waals surface area contributed by atoms with E-state index < -0.39 is 29.4 Å². The van der Waals surface area contributed by atoms with E-state index in [0.717, 1.165) is 5.57 Å². The molecule has 1 aliphatic rings. The van der Waals surface area contributed by atoms with Gasteiger partial charge in [-0.2, -0.15) is 0 Å². The average molecular weight is 614 g/mol. The highest BCUT2D eigenvalue weighted by Gasteiger charge is 2.32. The summed E-state index contributed by atoms with van der Waals surface area (Å²) in [7, 11) is 1.44. The highest BCUT2D eigenvalue weighted by molar-refractivity contribution is 5.93. The van der Waals surface area contributed by atoms with Gasteiger partial charge in [0.15, 0.2) is 5.76 Å².